The Labute approximate surface area is 110 Å². The van der Waals surface area contributed by atoms with Gasteiger partial charge in [0.2, 0.25) is 0 Å². The SMILES string of the molecule is CCNC(CS(C)(=O)=O)c1ccc2[nH]c(=O)oc2c1. The average Bonchev–Trinajstić information content (AvgIpc) is 2.65. The van der Waals surface area contributed by atoms with Crippen LogP contribution in [-0.2, 0) is 9.84 Å². The van der Waals surface area contributed by atoms with E-state index in [1.54, 1.807) is 18.2 Å². The molecule has 19 heavy (non-hydrogen) atoms. The maximum absolute atomic E-state index is 11.4. The number of benzene rings is 1. The minimum absolute atomic E-state index is 0.000994. The highest BCUT2D eigenvalue weighted by molar-refractivity contribution is 7.90. The zero-order valence-electron chi connectivity index (χ0n) is 10.8. The minimum Gasteiger partial charge on any atom is -0.408 e. The molecule has 0 aliphatic rings. The van der Waals surface area contributed by atoms with Crippen molar-refractivity contribution in [2.75, 3.05) is 18.6 Å². The molecule has 0 saturated heterocycles. The molecule has 0 fully saturated rings. The summed E-state index contributed by atoms with van der Waals surface area (Å²) in [6, 6.07) is 4.87. The van der Waals surface area contributed by atoms with Gasteiger partial charge in [-0.15, -0.1) is 0 Å². The lowest BCUT2D eigenvalue weighted by Crippen LogP contribution is -2.27. The van der Waals surface area contributed by atoms with Gasteiger partial charge in [0.1, 0.15) is 9.84 Å². The van der Waals surface area contributed by atoms with E-state index < -0.39 is 15.6 Å². The van der Waals surface area contributed by atoms with Crippen LogP contribution >= 0.6 is 0 Å². The molecule has 7 heteroatoms. The van der Waals surface area contributed by atoms with Crippen LogP contribution in [0, 0.1) is 0 Å². The molecule has 0 spiro atoms. The van der Waals surface area contributed by atoms with Crippen molar-refractivity contribution < 1.29 is 12.8 Å². The smallest absolute Gasteiger partial charge is 0.408 e. The molecule has 6 nitrogen and oxygen atoms in total. The molecule has 0 radical (unpaired) electrons. The summed E-state index contributed by atoms with van der Waals surface area (Å²) in [6.45, 7) is 2.56. The Morgan fingerprint density at radius 3 is 2.79 bits per heavy atom. The normalized spacial score (nSPS) is 13.8. The lowest BCUT2D eigenvalue weighted by molar-refractivity contribution is 0.549. The predicted molar refractivity (Wildman–Crippen MR) is 73.0 cm³/mol. The first-order valence-corrected chi connectivity index (χ1v) is 7.99. The maximum Gasteiger partial charge on any atom is 0.417 e. The molecule has 0 bridgehead atoms. The van der Waals surface area contributed by atoms with Crippen LogP contribution in [0.2, 0.25) is 0 Å². The first-order valence-electron chi connectivity index (χ1n) is 5.93. The molecule has 104 valence electrons. The van der Waals surface area contributed by atoms with Gasteiger partial charge in [0.25, 0.3) is 0 Å². The van der Waals surface area contributed by atoms with Crippen LogP contribution in [-0.4, -0.2) is 32.0 Å². The largest absolute Gasteiger partial charge is 0.417 e. The Morgan fingerprint density at radius 2 is 2.16 bits per heavy atom. The van der Waals surface area contributed by atoms with Crippen LogP contribution in [0.5, 0.6) is 0 Å². The number of hydrogen-bond acceptors (Lipinski definition) is 5. The second kappa shape index (κ2) is 5.18. The molecule has 0 aliphatic carbocycles. The number of oxazole rings is 1. The van der Waals surface area contributed by atoms with E-state index in [1.807, 2.05) is 6.92 Å². The van der Waals surface area contributed by atoms with E-state index in [1.165, 1.54) is 6.26 Å². The van der Waals surface area contributed by atoms with E-state index in [4.69, 9.17) is 4.42 Å². The highest BCUT2D eigenvalue weighted by Gasteiger charge is 2.17. The van der Waals surface area contributed by atoms with Gasteiger partial charge < -0.3 is 9.73 Å². The Hall–Kier alpha value is -1.60. The van der Waals surface area contributed by atoms with E-state index in [-0.39, 0.29) is 11.8 Å². The lowest BCUT2D eigenvalue weighted by Gasteiger charge is -2.17. The summed E-state index contributed by atoms with van der Waals surface area (Å²) in [4.78, 5) is 13.6. The highest BCUT2D eigenvalue weighted by atomic mass is 32.2. The van der Waals surface area contributed by atoms with Crippen LogP contribution in [0.4, 0.5) is 0 Å². The summed E-state index contributed by atoms with van der Waals surface area (Å²) in [6.07, 6.45) is 1.20. The van der Waals surface area contributed by atoms with E-state index in [9.17, 15) is 13.2 Å². The molecule has 0 amide bonds. The zero-order valence-corrected chi connectivity index (χ0v) is 11.6. The van der Waals surface area contributed by atoms with Crippen molar-refractivity contribution in [2.24, 2.45) is 0 Å². The Kier molecular flexibility index (Phi) is 3.77. The number of sulfone groups is 1. The molecule has 2 rings (SSSR count). The Balaban J connectivity index is 2.40. The topological polar surface area (TPSA) is 92.2 Å². The second-order valence-corrected chi connectivity index (χ2v) is 6.66. The summed E-state index contributed by atoms with van der Waals surface area (Å²) in [7, 11) is -3.10. The number of aromatic amines is 1. The molecule has 2 N–H and O–H groups in total. The quantitative estimate of drug-likeness (QED) is 0.848. The molecule has 1 aromatic heterocycles. The Morgan fingerprint density at radius 1 is 1.42 bits per heavy atom. The molecule has 1 unspecified atom stereocenters. The molecule has 0 aliphatic heterocycles. The third-order valence-electron chi connectivity index (χ3n) is 2.77. The number of nitrogens with one attached hydrogen (secondary N) is 2. The van der Waals surface area contributed by atoms with Crippen molar-refractivity contribution >= 4 is 20.9 Å². The van der Waals surface area contributed by atoms with Crippen molar-refractivity contribution in [3.63, 3.8) is 0 Å². The zero-order chi connectivity index (χ0) is 14.0. The van der Waals surface area contributed by atoms with Gasteiger partial charge >= 0.3 is 5.76 Å². The monoisotopic (exact) mass is 284 g/mol. The van der Waals surface area contributed by atoms with Crippen molar-refractivity contribution in [3.8, 4) is 0 Å². The van der Waals surface area contributed by atoms with Gasteiger partial charge in [0.05, 0.1) is 11.3 Å². The Bertz CT molecular complexity index is 730. The molecule has 1 atom stereocenters. The standard InChI is InChI=1S/C12H16N2O4S/c1-3-13-10(7-19(2,16)17)8-4-5-9-11(6-8)18-12(15)14-9/h4-6,10,13H,3,7H2,1-2H3,(H,14,15). The number of hydrogen-bond donors (Lipinski definition) is 2. The molecule has 1 aromatic carbocycles. The fourth-order valence-electron chi connectivity index (χ4n) is 2.00. The number of H-pyrrole nitrogens is 1. The summed E-state index contributed by atoms with van der Waals surface area (Å²) in [5.41, 5.74) is 1.81. The first kappa shape index (κ1) is 13.8. The minimum atomic E-state index is -3.10. The third kappa shape index (κ3) is 3.45. The van der Waals surface area contributed by atoms with Crippen LogP contribution in [0.25, 0.3) is 11.1 Å². The molecular weight excluding hydrogens is 268 g/mol. The van der Waals surface area contributed by atoms with Crippen LogP contribution in [0.1, 0.15) is 18.5 Å². The van der Waals surface area contributed by atoms with Gasteiger partial charge in [0, 0.05) is 12.3 Å². The molecule has 1 heterocycles. The van der Waals surface area contributed by atoms with Gasteiger partial charge in [-0.05, 0) is 24.2 Å². The van der Waals surface area contributed by atoms with Gasteiger partial charge in [-0.25, -0.2) is 13.2 Å². The lowest BCUT2D eigenvalue weighted by atomic mass is 10.1. The summed E-state index contributed by atoms with van der Waals surface area (Å²) in [5.74, 6) is -0.517. The van der Waals surface area contributed by atoms with Crippen LogP contribution < -0.4 is 11.1 Å². The van der Waals surface area contributed by atoms with E-state index in [2.05, 4.69) is 10.3 Å². The van der Waals surface area contributed by atoms with Crippen molar-refractivity contribution in [1.82, 2.24) is 10.3 Å². The molecule has 0 saturated carbocycles. The fourth-order valence-corrected chi connectivity index (χ4v) is 2.92. The van der Waals surface area contributed by atoms with Crippen LogP contribution in [0.15, 0.2) is 27.4 Å². The van der Waals surface area contributed by atoms with Crippen molar-refractivity contribution in [2.45, 2.75) is 13.0 Å². The predicted octanol–water partition coefficient (Wildman–Crippen LogP) is 0.816. The van der Waals surface area contributed by atoms with Crippen molar-refractivity contribution in [3.05, 3.63) is 34.3 Å². The van der Waals surface area contributed by atoms with Crippen molar-refractivity contribution in [1.29, 1.82) is 0 Å². The maximum atomic E-state index is 11.4. The fraction of sp³-hybridized carbons (Fsp3) is 0.417. The molecular formula is C12H16N2O4S. The van der Waals surface area contributed by atoms with Crippen LogP contribution in [0.3, 0.4) is 0 Å². The average molecular weight is 284 g/mol. The summed E-state index contributed by atoms with van der Waals surface area (Å²) < 4.78 is 27.9. The number of rotatable bonds is 5. The highest BCUT2D eigenvalue weighted by Crippen LogP contribution is 2.19. The van der Waals surface area contributed by atoms with Gasteiger partial charge in [-0.3, -0.25) is 4.98 Å². The molecule has 2 aromatic rings. The number of fused-ring (bicyclic) bond motifs is 1. The van der Waals surface area contributed by atoms with E-state index in [0.29, 0.717) is 17.6 Å². The van der Waals surface area contributed by atoms with Gasteiger partial charge in [0.15, 0.2) is 5.58 Å². The van der Waals surface area contributed by atoms with Gasteiger partial charge in [-0.1, -0.05) is 13.0 Å². The van der Waals surface area contributed by atoms with E-state index in [0.717, 1.165) is 5.56 Å². The van der Waals surface area contributed by atoms with Gasteiger partial charge in [-0.2, -0.15) is 0 Å². The summed E-state index contributed by atoms with van der Waals surface area (Å²) in [5, 5.41) is 3.12. The third-order valence-corrected chi connectivity index (χ3v) is 3.71. The second-order valence-electron chi connectivity index (χ2n) is 4.47. The first-order chi connectivity index (χ1) is 8.89. The summed E-state index contributed by atoms with van der Waals surface area (Å²) >= 11 is 0. The van der Waals surface area contributed by atoms with E-state index >= 15 is 0 Å². The number of aromatic nitrogens is 1.